The predicted octanol–water partition coefficient (Wildman–Crippen LogP) is 2.20. The fourth-order valence-electron chi connectivity index (χ4n) is 1.20. The van der Waals surface area contributed by atoms with Gasteiger partial charge in [0.25, 0.3) is 0 Å². The smallest absolute Gasteiger partial charge is 0.390 e. The van der Waals surface area contributed by atoms with Crippen molar-refractivity contribution in [2.24, 2.45) is 0 Å². The van der Waals surface area contributed by atoms with E-state index in [-0.39, 0.29) is 5.95 Å². The van der Waals surface area contributed by atoms with Gasteiger partial charge in [0.1, 0.15) is 12.4 Å². The van der Waals surface area contributed by atoms with Crippen molar-refractivity contribution < 1.29 is 4.92 Å². The van der Waals surface area contributed by atoms with E-state index in [1.54, 1.807) is 10.8 Å². The van der Waals surface area contributed by atoms with Gasteiger partial charge in [-0.1, -0.05) is 4.98 Å². The fourth-order valence-corrected chi connectivity index (χ4v) is 1.39. The Morgan fingerprint density at radius 3 is 2.93 bits per heavy atom. The summed E-state index contributed by atoms with van der Waals surface area (Å²) in [4.78, 5) is 13.7. The zero-order valence-electron chi connectivity index (χ0n) is 7.73. The van der Waals surface area contributed by atoms with Crippen molar-refractivity contribution in [3.63, 3.8) is 0 Å². The van der Waals surface area contributed by atoms with Crippen LogP contribution in [0, 0.1) is 10.1 Å². The lowest BCUT2D eigenvalue weighted by Gasteiger charge is -2.00. The van der Waals surface area contributed by atoms with Crippen LogP contribution in [0.3, 0.4) is 0 Å². The Labute approximate surface area is 86.9 Å². The summed E-state index contributed by atoms with van der Waals surface area (Å²) in [6, 6.07) is 0. The second kappa shape index (κ2) is 5.59. The number of rotatable bonds is 6. The number of aromatic nitrogens is 2. The Kier molecular flexibility index (Phi) is 4.39. The molecule has 5 nitrogen and oxygen atoms in total. The third kappa shape index (κ3) is 2.99. The van der Waals surface area contributed by atoms with Crippen LogP contribution in [0.4, 0.5) is 5.95 Å². The van der Waals surface area contributed by atoms with Crippen molar-refractivity contribution in [2.75, 3.05) is 5.88 Å². The zero-order valence-corrected chi connectivity index (χ0v) is 8.48. The van der Waals surface area contributed by atoms with Crippen LogP contribution in [0.25, 0.3) is 0 Å². The molecule has 6 heteroatoms. The van der Waals surface area contributed by atoms with Crippen LogP contribution in [0.5, 0.6) is 0 Å². The Bertz CT molecular complexity index is 301. The van der Waals surface area contributed by atoms with Gasteiger partial charge in [-0.2, -0.15) is 0 Å². The van der Waals surface area contributed by atoms with Gasteiger partial charge in [0, 0.05) is 5.88 Å². The molecular formula is C8H12ClN3O2. The van der Waals surface area contributed by atoms with Crippen molar-refractivity contribution in [3.8, 4) is 0 Å². The summed E-state index contributed by atoms with van der Waals surface area (Å²) in [5.41, 5.74) is 0. The van der Waals surface area contributed by atoms with Gasteiger partial charge in [-0.3, -0.25) is 0 Å². The average Bonchev–Trinajstić information content (AvgIpc) is 2.60. The Morgan fingerprint density at radius 2 is 2.29 bits per heavy atom. The molecule has 0 aliphatic carbocycles. The first kappa shape index (κ1) is 11.0. The molecule has 0 fully saturated rings. The summed E-state index contributed by atoms with van der Waals surface area (Å²) in [5, 5.41) is 10.5. The second-order valence-electron chi connectivity index (χ2n) is 2.93. The maximum atomic E-state index is 10.5. The van der Waals surface area contributed by atoms with Crippen molar-refractivity contribution in [1.29, 1.82) is 0 Å². The van der Waals surface area contributed by atoms with Crippen LogP contribution in [0.1, 0.15) is 19.3 Å². The number of hydrogen-bond acceptors (Lipinski definition) is 3. The van der Waals surface area contributed by atoms with Crippen LogP contribution < -0.4 is 0 Å². The number of nitro groups is 1. The average molecular weight is 218 g/mol. The minimum Gasteiger partial charge on any atom is -0.390 e. The van der Waals surface area contributed by atoms with Gasteiger partial charge in [-0.25, -0.2) is 4.57 Å². The van der Waals surface area contributed by atoms with Crippen LogP contribution in [0.15, 0.2) is 12.4 Å². The third-order valence-corrected chi connectivity index (χ3v) is 2.16. The molecule has 1 aromatic heterocycles. The van der Waals surface area contributed by atoms with Gasteiger partial charge in [0.2, 0.25) is 0 Å². The molecule has 0 saturated heterocycles. The molecule has 14 heavy (non-hydrogen) atoms. The lowest BCUT2D eigenvalue weighted by Crippen LogP contribution is -2.03. The van der Waals surface area contributed by atoms with E-state index in [4.69, 9.17) is 11.6 Å². The van der Waals surface area contributed by atoms with E-state index in [1.165, 1.54) is 6.20 Å². The fraction of sp³-hybridized carbons (Fsp3) is 0.625. The quantitative estimate of drug-likeness (QED) is 0.318. The SMILES string of the molecule is O=[N+]([O-])c1nccn1CCCCCCl. The highest BCUT2D eigenvalue weighted by atomic mass is 35.5. The molecule has 1 heterocycles. The van der Waals surface area contributed by atoms with Gasteiger partial charge in [0.15, 0.2) is 0 Å². The van der Waals surface area contributed by atoms with E-state index in [0.717, 1.165) is 19.3 Å². The van der Waals surface area contributed by atoms with Gasteiger partial charge in [-0.15, -0.1) is 11.6 Å². The molecule has 0 N–H and O–H groups in total. The largest absolute Gasteiger partial charge is 0.434 e. The summed E-state index contributed by atoms with van der Waals surface area (Å²) in [7, 11) is 0. The normalized spacial score (nSPS) is 10.4. The molecule has 0 saturated carbocycles. The number of hydrogen-bond donors (Lipinski definition) is 0. The zero-order chi connectivity index (χ0) is 10.4. The van der Waals surface area contributed by atoms with E-state index < -0.39 is 4.92 Å². The van der Waals surface area contributed by atoms with Gasteiger partial charge >= 0.3 is 5.95 Å². The van der Waals surface area contributed by atoms with Crippen molar-refractivity contribution in [2.45, 2.75) is 25.8 Å². The van der Waals surface area contributed by atoms with Crippen LogP contribution in [-0.2, 0) is 6.54 Å². The molecule has 0 amide bonds. The third-order valence-electron chi connectivity index (χ3n) is 1.89. The molecule has 0 radical (unpaired) electrons. The molecule has 1 aromatic rings. The topological polar surface area (TPSA) is 61.0 Å². The summed E-state index contributed by atoms with van der Waals surface area (Å²) >= 11 is 5.52. The summed E-state index contributed by atoms with van der Waals surface area (Å²) in [6.07, 6.45) is 5.89. The van der Waals surface area contributed by atoms with Gasteiger partial charge in [-0.05, 0) is 24.2 Å². The summed E-state index contributed by atoms with van der Waals surface area (Å²) in [5.74, 6) is 0.558. The molecule has 0 aliphatic heterocycles. The lowest BCUT2D eigenvalue weighted by molar-refractivity contribution is -0.396. The first-order chi connectivity index (χ1) is 6.75. The number of aryl methyl sites for hydroxylation is 1. The van der Waals surface area contributed by atoms with Crippen LogP contribution in [-0.4, -0.2) is 20.4 Å². The lowest BCUT2D eigenvalue weighted by atomic mass is 10.2. The molecule has 0 aliphatic rings. The number of halogens is 1. The first-order valence-corrected chi connectivity index (χ1v) is 5.00. The Morgan fingerprint density at radius 1 is 1.50 bits per heavy atom. The van der Waals surface area contributed by atoms with E-state index >= 15 is 0 Å². The van der Waals surface area contributed by atoms with Crippen LogP contribution >= 0.6 is 11.6 Å². The highest BCUT2D eigenvalue weighted by Gasteiger charge is 2.12. The minimum absolute atomic E-state index is 0.0872. The van der Waals surface area contributed by atoms with Gasteiger partial charge in [0.05, 0.1) is 6.54 Å². The van der Waals surface area contributed by atoms with Crippen molar-refractivity contribution in [1.82, 2.24) is 9.55 Å². The molecule has 0 bridgehead atoms. The Hall–Kier alpha value is -1.10. The van der Waals surface area contributed by atoms with E-state index in [0.29, 0.717) is 12.4 Å². The van der Waals surface area contributed by atoms with Crippen molar-refractivity contribution in [3.05, 3.63) is 22.5 Å². The predicted molar refractivity (Wildman–Crippen MR) is 53.5 cm³/mol. The highest BCUT2D eigenvalue weighted by Crippen LogP contribution is 2.09. The maximum absolute atomic E-state index is 10.5. The summed E-state index contributed by atoms with van der Waals surface area (Å²) in [6.45, 7) is 0.632. The minimum atomic E-state index is -0.471. The Balaban J connectivity index is 2.42. The van der Waals surface area contributed by atoms with E-state index in [1.807, 2.05) is 0 Å². The maximum Gasteiger partial charge on any atom is 0.434 e. The number of nitrogens with zero attached hydrogens (tertiary/aromatic N) is 3. The van der Waals surface area contributed by atoms with Crippen LogP contribution in [0.2, 0.25) is 0 Å². The molecule has 0 unspecified atom stereocenters. The van der Waals surface area contributed by atoms with E-state index in [9.17, 15) is 10.1 Å². The molecule has 78 valence electrons. The van der Waals surface area contributed by atoms with Gasteiger partial charge < -0.3 is 10.1 Å². The molecule has 0 spiro atoms. The van der Waals surface area contributed by atoms with E-state index in [2.05, 4.69) is 4.98 Å². The molecule has 1 rings (SSSR count). The highest BCUT2D eigenvalue weighted by molar-refractivity contribution is 6.17. The second-order valence-corrected chi connectivity index (χ2v) is 3.31. The number of unbranched alkanes of at least 4 members (excludes halogenated alkanes) is 2. The standard InChI is InChI=1S/C8H12ClN3O2/c9-4-2-1-3-6-11-7-5-10-8(11)12(13)14/h5,7H,1-4,6H2. The molecule has 0 atom stereocenters. The monoisotopic (exact) mass is 217 g/mol. The number of alkyl halides is 1. The molecule has 0 aromatic carbocycles. The number of imidazole rings is 1. The molecular weight excluding hydrogens is 206 g/mol. The summed E-state index contributed by atoms with van der Waals surface area (Å²) < 4.78 is 1.55. The van der Waals surface area contributed by atoms with Crippen molar-refractivity contribution >= 4 is 17.5 Å². The first-order valence-electron chi connectivity index (χ1n) is 4.47.